The molecule has 1 saturated heterocycles. The molecule has 2 aliphatic rings. The number of fused-ring (bicyclic) bond motifs is 2. The molecular formula is C20H25N3O2S. The van der Waals surface area contributed by atoms with E-state index in [0.717, 1.165) is 35.9 Å². The Kier molecular flexibility index (Phi) is 4.69. The Balaban J connectivity index is 1.42. The zero-order valence-corrected chi connectivity index (χ0v) is 16.0. The van der Waals surface area contributed by atoms with Crippen LogP contribution in [0.2, 0.25) is 0 Å². The van der Waals surface area contributed by atoms with Gasteiger partial charge >= 0.3 is 0 Å². The molecule has 5 atom stereocenters. The summed E-state index contributed by atoms with van der Waals surface area (Å²) in [6, 6.07) is 5.93. The van der Waals surface area contributed by atoms with Gasteiger partial charge in [0.25, 0.3) is 5.91 Å². The smallest absolute Gasteiger partial charge is 0.251 e. The topological polar surface area (TPSA) is 71.1 Å². The van der Waals surface area contributed by atoms with Crippen LogP contribution in [0.3, 0.4) is 0 Å². The van der Waals surface area contributed by atoms with Crippen molar-refractivity contribution in [3.63, 3.8) is 0 Å². The van der Waals surface area contributed by atoms with Crippen LogP contribution in [0.1, 0.15) is 49.9 Å². The highest BCUT2D eigenvalue weighted by Crippen LogP contribution is 2.39. The maximum absolute atomic E-state index is 12.7. The van der Waals surface area contributed by atoms with Gasteiger partial charge < -0.3 is 10.6 Å². The molecule has 1 aliphatic heterocycles. The van der Waals surface area contributed by atoms with E-state index < -0.39 is 0 Å². The zero-order chi connectivity index (χ0) is 18.3. The monoisotopic (exact) mass is 371 g/mol. The summed E-state index contributed by atoms with van der Waals surface area (Å²) in [6.45, 7) is 4.31. The molecule has 4 rings (SSSR count). The van der Waals surface area contributed by atoms with Gasteiger partial charge in [0, 0.05) is 23.6 Å². The summed E-state index contributed by atoms with van der Waals surface area (Å²) in [5, 5.41) is 6.39. The average Bonchev–Trinajstić information content (AvgIpc) is 3.09. The molecule has 1 aromatic carbocycles. The number of carbonyl (C=O) groups is 2. The van der Waals surface area contributed by atoms with E-state index >= 15 is 0 Å². The zero-order valence-electron chi connectivity index (χ0n) is 15.2. The number of benzene rings is 1. The summed E-state index contributed by atoms with van der Waals surface area (Å²) in [5.41, 5.74) is 3.40. The van der Waals surface area contributed by atoms with Crippen molar-refractivity contribution in [2.24, 2.45) is 17.8 Å². The van der Waals surface area contributed by atoms with Gasteiger partial charge in [-0.1, -0.05) is 13.8 Å². The lowest BCUT2D eigenvalue weighted by Crippen LogP contribution is -2.58. The van der Waals surface area contributed by atoms with Gasteiger partial charge in [0.2, 0.25) is 5.91 Å². The molecule has 2 heterocycles. The van der Waals surface area contributed by atoms with Gasteiger partial charge in [-0.3, -0.25) is 9.59 Å². The van der Waals surface area contributed by atoms with Gasteiger partial charge in [0.1, 0.15) is 0 Å². The Bertz CT molecular complexity index is 833. The second kappa shape index (κ2) is 6.99. The lowest BCUT2D eigenvalue weighted by Gasteiger charge is -2.46. The van der Waals surface area contributed by atoms with Gasteiger partial charge in [-0.15, -0.1) is 11.3 Å². The van der Waals surface area contributed by atoms with E-state index in [1.54, 1.807) is 16.8 Å². The van der Waals surface area contributed by atoms with Gasteiger partial charge in [0.05, 0.1) is 15.7 Å². The SMILES string of the molecule is CCC1C(=O)NC2CC(NC(=O)c3ccc4ncsc4c3)CCC2C1C. The summed E-state index contributed by atoms with van der Waals surface area (Å²) in [6.07, 6.45) is 3.76. The molecule has 1 aliphatic carbocycles. The van der Waals surface area contributed by atoms with Crippen LogP contribution in [0.5, 0.6) is 0 Å². The molecule has 26 heavy (non-hydrogen) atoms. The first kappa shape index (κ1) is 17.5. The molecule has 0 spiro atoms. The van der Waals surface area contributed by atoms with Crippen molar-refractivity contribution >= 4 is 33.4 Å². The second-order valence-electron chi connectivity index (χ2n) is 7.67. The summed E-state index contributed by atoms with van der Waals surface area (Å²) in [7, 11) is 0. The minimum absolute atomic E-state index is 0.0367. The van der Waals surface area contributed by atoms with Gasteiger partial charge in [0.15, 0.2) is 0 Å². The van der Waals surface area contributed by atoms with Crippen molar-refractivity contribution < 1.29 is 9.59 Å². The number of thiazole rings is 1. The Hall–Kier alpha value is -1.95. The Morgan fingerprint density at radius 1 is 1.38 bits per heavy atom. The van der Waals surface area contributed by atoms with E-state index in [1.165, 1.54) is 0 Å². The molecule has 6 heteroatoms. The first-order valence-electron chi connectivity index (χ1n) is 9.51. The van der Waals surface area contributed by atoms with E-state index in [1.807, 2.05) is 18.2 Å². The Morgan fingerprint density at radius 3 is 3.04 bits per heavy atom. The van der Waals surface area contributed by atoms with Crippen LogP contribution in [0.4, 0.5) is 0 Å². The Morgan fingerprint density at radius 2 is 2.23 bits per heavy atom. The number of nitrogens with one attached hydrogen (secondary N) is 2. The molecular weight excluding hydrogens is 346 g/mol. The third-order valence-corrected chi connectivity index (χ3v) is 7.04. The summed E-state index contributed by atoms with van der Waals surface area (Å²) < 4.78 is 1.03. The van der Waals surface area contributed by atoms with Crippen LogP contribution in [-0.2, 0) is 4.79 Å². The molecule has 2 aromatic rings. The fourth-order valence-electron chi connectivity index (χ4n) is 4.77. The number of carbonyl (C=O) groups excluding carboxylic acids is 2. The number of piperidine rings is 1. The molecule has 2 N–H and O–H groups in total. The van der Waals surface area contributed by atoms with E-state index in [4.69, 9.17) is 0 Å². The van der Waals surface area contributed by atoms with E-state index in [9.17, 15) is 9.59 Å². The fourth-order valence-corrected chi connectivity index (χ4v) is 5.49. The van der Waals surface area contributed by atoms with Gasteiger partial charge in [-0.05, 0) is 55.7 Å². The molecule has 0 bridgehead atoms. The van der Waals surface area contributed by atoms with E-state index in [2.05, 4.69) is 29.5 Å². The van der Waals surface area contributed by atoms with Crippen molar-refractivity contribution in [1.82, 2.24) is 15.6 Å². The highest BCUT2D eigenvalue weighted by atomic mass is 32.1. The quantitative estimate of drug-likeness (QED) is 0.869. The first-order valence-corrected chi connectivity index (χ1v) is 10.4. The molecule has 1 saturated carbocycles. The normalized spacial score (nSPS) is 31.3. The fraction of sp³-hybridized carbons (Fsp3) is 0.550. The minimum Gasteiger partial charge on any atom is -0.353 e. The van der Waals surface area contributed by atoms with E-state index in [-0.39, 0.29) is 29.8 Å². The molecule has 138 valence electrons. The summed E-state index contributed by atoms with van der Waals surface area (Å²) >= 11 is 1.54. The number of hydrogen-bond acceptors (Lipinski definition) is 4. The first-order chi connectivity index (χ1) is 12.6. The van der Waals surface area contributed by atoms with Crippen molar-refractivity contribution in [2.45, 2.75) is 51.6 Å². The molecule has 1 aromatic heterocycles. The van der Waals surface area contributed by atoms with Crippen molar-refractivity contribution in [2.75, 3.05) is 0 Å². The largest absolute Gasteiger partial charge is 0.353 e. The molecule has 2 fully saturated rings. The summed E-state index contributed by atoms with van der Waals surface area (Å²) in [4.78, 5) is 29.2. The van der Waals surface area contributed by atoms with Crippen molar-refractivity contribution in [1.29, 1.82) is 0 Å². The number of rotatable bonds is 3. The van der Waals surface area contributed by atoms with Crippen LogP contribution < -0.4 is 10.6 Å². The lowest BCUT2D eigenvalue weighted by molar-refractivity contribution is -0.133. The van der Waals surface area contributed by atoms with Gasteiger partial charge in [-0.25, -0.2) is 4.98 Å². The molecule has 2 amide bonds. The number of amides is 2. The second-order valence-corrected chi connectivity index (χ2v) is 8.56. The van der Waals surface area contributed by atoms with Crippen LogP contribution in [-0.4, -0.2) is 28.9 Å². The molecule has 5 nitrogen and oxygen atoms in total. The maximum atomic E-state index is 12.7. The average molecular weight is 372 g/mol. The Labute approximate surface area is 157 Å². The number of nitrogens with zero attached hydrogens (tertiary/aromatic N) is 1. The van der Waals surface area contributed by atoms with E-state index in [0.29, 0.717) is 17.4 Å². The third kappa shape index (κ3) is 3.11. The van der Waals surface area contributed by atoms with Crippen LogP contribution >= 0.6 is 11.3 Å². The van der Waals surface area contributed by atoms with Gasteiger partial charge in [-0.2, -0.15) is 0 Å². The van der Waals surface area contributed by atoms with Crippen molar-refractivity contribution in [3.05, 3.63) is 29.3 Å². The summed E-state index contributed by atoms with van der Waals surface area (Å²) in [5.74, 6) is 1.23. The van der Waals surface area contributed by atoms with Crippen LogP contribution in [0.25, 0.3) is 10.2 Å². The molecule has 0 radical (unpaired) electrons. The lowest BCUT2D eigenvalue weighted by atomic mass is 9.67. The predicted octanol–water partition coefficient (Wildman–Crippen LogP) is 3.36. The highest BCUT2D eigenvalue weighted by molar-refractivity contribution is 7.16. The molecule has 5 unspecified atom stereocenters. The predicted molar refractivity (Wildman–Crippen MR) is 103 cm³/mol. The van der Waals surface area contributed by atoms with Crippen LogP contribution in [0, 0.1) is 17.8 Å². The van der Waals surface area contributed by atoms with Crippen molar-refractivity contribution in [3.8, 4) is 0 Å². The van der Waals surface area contributed by atoms with Crippen LogP contribution in [0.15, 0.2) is 23.7 Å². The standard InChI is InChI=1S/C20H25N3O2S/c1-3-14-11(2)15-6-5-13(9-17(15)23-20(14)25)22-19(24)12-4-7-16-18(8-12)26-10-21-16/h4,7-8,10-11,13-15,17H,3,5-6,9H2,1-2H3,(H,22,24)(H,23,25). The maximum Gasteiger partial charge on any atom is 0.251 e. The number of aromatic nitrogens is 1. The minimum atomic E-state index is -0.0367. The number of hydrogen-bond donors (Lipinski definition) is 2. The highest BCUT2D eigenvalue weighted by Gasteiger charge is 2.43. The third-order valence-electron chi connectivity index (χ3n) is 6.25.